The van der Waals surface area contributed by atoms with Crippen LogP contribution in [-0.4, -0.2) is 31.4 Å². The third kappa shape index (κ3) is 5.39. The summed E-state index contributed by atoms with van der Waals surface area (Å²) in [5.74, 6) is 0.792. The van der Waals surface area contributed by atoms with Gasteiger partial charge in [-0.25, -0.2) is 0 Å². The summed E-state index contributed by atoms with van der Waals surface area (Å²) in [5, 5.41) is 8.01. The van der Waals surface area contributed by atoms with E-state index < -0.39 is 0 Å². The van der Waals surface area contributed by atoms with Crippen LogP contribution in [0.3, 0.4) is 0 Å². The second-order valence-corrected chi connectivity index (χ2v) is 8.83. The first kappa shape index (κ1) is 20.9. The van der Waals surface area contributed by atoms with Gasteiger partial charge in [-0.15, -0.1) is 11.8 Å². The van der Waals surface area contributed by atoms with Crippen molar-refractivity contribution < 1.29 is 4.79 Å². The van der Waals surface area contributed by atoms with Crippen LogP contribution < -0.4 is 5.32 Å². The molecule has 1 heterocycles. The maximum absolute atomic E-state index is 12.9. The molecule has 0 aliphatic heterocycles. The van der Waals surface area contributed by atoms with Crippen LogP contribution in [0.5, 0.6) is 0 Å². The maximum Gasteiger partial charge on any atom is 0.252 e. The Morgan fingerprint density at radius 2 is 1.89 bits per heavy atom. The van der Waals surface area contributed by atoms with Crippen molar-refractivity contribution >= 4 is 40.6 Å². The van der Waals surface area contributed by atoms with Gasteiger partial charge in [0.25, 0.3) is 5.91 Å². The van der Waals surface area contributed by atoms with E-state index in [-0.39, 0.29) is 11.9 Å². The summed E-state index contributed by atoms with van der Waals surface area (Å²) < 4.78 is 0. The lowest BCUT2D eigenvalue weighted by Crippen LogP contribution is -2.34. The van der Waals surface area contributed by atoms with Crippen LogP contribution in [0.1, 0.15) is 27.5 Å². The van der Waals surface area contributed by atoms with Gasteiger partial charge in [0.2, 0.25) is 0 Å². The fourth-order valence-electron chi connectivity index (χ4n) is 2.92. The summed E-state index contributed by atoms with van der Waals surface area (Å²) in [6, 6.07) is 17.6. The Kier molecular flexibility index (Phi) is 7.57. The first-order valence-corrected chi connectivity index (χ1v) is 11.3. The lowest BCUT2D eigenvalue weighted by Gasteiger charge is -2.26. The molecule has 1 N–H and O–H groups in total. The molecular weight excluding hydrogens is 408 g/mol. The predicted molar refractivity (Wildman–Crippen MR) is 121 cm³/mol. The van der Waals surface area contributed by atoms with E-state index in [9.17, 15) is 4.79 Å². The number of carbonyl (C=O) groups excluding carboxylic acids is 1. The minimum Gasteiger partial charge on any atom is -0.350 e. The lowest BCUT2D eigenvalue weighted by atomic mass is 10.1. The van der Waals surface area contributed by atoms with Crippen LogP contribution in [0.15, 0.2) is 70.3 Å². The summed E-state index contributed by atoms with van der Waals surface area (Å²) in [5.41, 5.74) is 2.99. The molecule has 1 aromatic heterocycles. The molecule has 0 bridgehead atoms. The summed E-state index contributed by atoms with van der Waals surface area (Å²) in [6.07, 6.45) is 0. The molecule has 3 nitrogen and oxygen atoms in total. The average molecular weight is 431 g/mol. The van der Waals surface area contributed by atoms with Crippen molar-refractivity contribution in [3.05, 3.63) is 87.1 Å². The molecule has 2 aromatic carbocycles. The van der Waals surface area contributed by atoms with E-state index in [0.29, 0.717) is 17.1 Å². The lowest BCUT2D eigenvalue weighted by molar-refractivity contribution is 0.0939. The van der Waals surface area contributed by atoms with E-state index in [0.717, 1.165) is 16.2 Å². The number of benzene rings is 2. The van der Waals surface area contributed by atoms with Gasteiger partial charge in [0.05, 0.1) is 11.6 Å². The van der Waals surface area contributed by atoms with E-state index in [1.54, 1.807) is 23.1 Å². The van der Waals surface area contributed by atoms with Gasteiger partial charge in [0.1, 0.15) is 0 Å². The number of hydrogen-bond acceptors (Lipinski definition) is 4. The maximum atomic E-state index is 12.9. The highest BCUT2D eigenvalue weighted by Gasteiger charge is 2.19. The highest BCUT2D eigenvalue weighted by atomic mass is 35.5. The SMILES string of the molecule is CN(C)C(CNC(=O)c1ccccc1SCc1ccsc1)c1ccccc1Cl. The average Bonchev–Trinajstić information content (AvgIpc) is 3.21. The number of thiophene rings is 1. The van der Waals surface area contributed by atoms with E-state index in [1.165, 1.54) is 5.56 Å². The molecule has 3 aromatic rings. The molecule has 0 radical (unpaired) electrons. The van der Waals surface area contributed by atoms with Crippen molar-refractivity contribution in [1.29, 1.82) is 0 Å². The molecule has 0 saturated carbocycles. The van der Waals surface area contributed by atoms with Crippen molar-refractivity contribution in [1.82, 2.24) is 10.2 Å². The molecule has 28 heavy (non-hydrogen) atoms. The van der Waals surface area contributed by atoms with E-state index >= 15 is 0 Å². The minimum absolute atomic E-state index is 0.00303. The zero-order valence-electron chi connectivity index (χ0n) is 15.9. The van der Waals surface area contributed by atoms with Crippen LogP contribution in [0.2, 0.25) is 5.02 Å². The molecule has 146 valence electrons. The van der Waals surface area contributed by atoms with Gasteiger partial charge in [-0.3, -0.25) is 4.79 Å². The smallest absolute Gasteiger partial charge is 0.252 e. The zero-order valence-corrected chi connectivity index (χ0v) is 18.3. The summed E-state index contributed by atoms with van der Waals surface area (Å²) >= 11 is 9.75. The van der Waals surface area contributed by atoms with Crippen molar-refractivity contribution in [2.45, 2.75) is 16.7 Å². The van der Waals surface area contributed by atoms with Crippen LogP contribution in [0.25, 0.3) is 0 Å². The molecule has 6 heteroatoms. The highest BCUT2D eigenvalue weighted by Crippen LogP contribution is 2.28. The number of hydrogen-bond donors (Lipinski definition) is 1. The van der Waals surface area contributed by atoms with Gasteiger partial charge in [-0.2, -0.15) is 11.3 Å². The van der Waals surface area contributed by atoms with Crippen LogP contribution in [-0.2, 0) is 5.75 Å². The number of likely N-dealkylation sites (N-methyl/N-ethyl adjacent to an activating group) is 1. The number of nitrogens with zero attached hydrogens (tertiary/aromatic N) is 1. The Morgan fingerprint density at radius 3 is 2.61 bits per heavy atom. The zero-order chi connectivity index (χ0) is 19.9. The van der Waals surface area contributed by atoms with Gasteiger partial charge in [0, 0.05) is 22.2 Å². The number of nitrogens with one attached hydrogen (secondary N) is 1. The Hall–Kier alpha value is -1.79. The van der Waals surface area contributed by atoms with Gasteiger partial charge in [-0.1, -0.05) is 41.9 Å². The molecular formula is C22H23ClN2OS2. The topological polar surface area (TPSA) is 32.3 Å². The Labute approximate surface area is 179 Å². The van der Waals surface area contributed by atoms with Crippen molar-refractivity contribution in [3.63, 3.8) is 0 Å². The van der Waals surface area contributed by atoms with Gasteiger partial charge in [-0.05, 0) is 60.2 Å². The van der Waals surface area contributed by atoms with Gasteiger partial charge >= 0.3 is 0 Å². The fraction of sp³-hybridized carbons (Fsp3) is 0.227. The first-order chi connectivity index (χ1) is 13.6. The predicted octanol–water partition coefficient (Wildman–Crippen LogP) is 5.73. The molecule has 0 fully saturated rings. The second kappa shape index (κ2) is 10.1. The largest absolute Gasteiger partial charge is 0.350 e. The second-order valence-electron chi connectivity index (χ2n) is 6.63. The molecule has 0 spiro atoms. The number of halogens is 1. The van der Waals surface area contributed by atoms with E-state index in [4.69, 9.17) is 11.6 Å². The molecule has 3 rings (SSSR count). The summed E-state index contributed by atoms with van der Waals surface area (Å²) in [7, 11) is 3.98. The van der Waals surface area contributed by atoms with E-state index in [1.807, 2.05) is 62.6 Å². The quantitative estimate of drug-likeness (QED) is 0.463. The molecule has 1 amide bonds. The highest BCUT2D eigenvalue weighted by molar-refractivity contribution is 7.98. The van der Waals surface area contributed by atoms with Crippen LogP contribution in [0, 0.1) is 0 Å². The molecule has 0 aliphatic carbocycles. The third-order valence-electron chi connectivity index (χ3n) is 4.45. The third-order valence-corrected chi connectivity index (χ3v) is 6.67. The van der Waals surface area contributed by atoms with Gasteiger partial charge in [0.15, 0.2) is 0 Å². The van der Waals surface area contributed by atoms with Crippen molar-refractivity contribution in [3.8, 4) is 0 Å². The van der Waals surface area contributed by atoms with Crippen molar-refractivity contribution in [2.24, 2.45) is 0 Å². The molecule has 1 unspecified atom stereocenters. The summed E-state index contributed by atoms with van der Waals surface area (Å²) in [6.45, 7) is 0.485. The number of carbonyl (C=O) groups is 1. The Bertz CT molecular complexity index is 912. The summed E-state index contributed by atoms with van der Waals surface area (Å²) in [4.78, 5) is 16.0. The normalized spacial score (nSPS) is 12.1. The molecule has 0 aliphatic rings. The minimum atomic E-state index is -0.0627. The monoisotopic (exact) mass is 430 g/mol. The molecule has 0 saturated heterocycles. The number of amides is 1. The standard InChI is InChI=1S/C22H23ClN2OS2/c1-25(2)20(17-7-3-5-9-19(17)23)13-24-22(26)18-8-4-6-10-21(18)28-15-16-11-12-27-14-16/h3-12,14,20H,13,15H2,1-2H3,(H,24,26). The van der Waals surface area contributed by atoms with Crippen LogP contribution in [0.4, 0.5) is 0 Å². The molecule has 1 atom stereocenters. The number of thioether (sulfide) groups is 1. The number of rotatable bonds is 8. The van der Waals surface area contributed by atoms with Crippen LogP contribution >= 0.6 is 34.7 Å². The first-order valence-electron chi connectivity index (χ1n) is 8.98. The fourth-order valence-corrected chi connectivity index (χ4v) is 4.95. The van der Waals surface area contributed by atoms with Gasteiger partial charge < -0.3 is 10.2 Å². The Morgan fingerprint density at radius 1 is 1.14 bits per heavy atom. The Balaban J connectivity index is 1.69. The van der Waals surface area contributed by atoms with Crippen molar-refractivity contribution in [2.75, 3.05) is 20.6 Å². The van der Waals surface area contributed by atoms with E-state index in [2.05, 4.69) is 27.0 Å².